The van der Waals surface area contributed by atoms with Gasteiger partial charge in [-0.25, -0.2) is 0 Å². The van der Waals surface area contributed by atoms with Gasteiger partial charge in [-0.1, -0.05) is 19.3 Å². The monoisotopic (exact) mass is 240 g/mol. The fourth-order valence-corrected chi connectivity index (χ4v) is 3.56. The minimum Gasteiger partial charge on any atom is -0.376 e. The average Bonchev–Trinajstić information content (AvgIpc) is 2.38. The van der Waals surface area contributed by atoms with Crippen LogP contribution in [0.2, 0.25) is 0 Å². The van der Waals surface area contributed by atoms with E-state index in [1.165, 1.54) is 45.2 Å². The Labute approximate surface area is 106 Å². The van der Waals surface area contributed by atoms with Crippen molar-refractivity contribution in [2.45, 2.75) is 45.1 Å². The summed E-state index contributed by atoms with van der Waals surface area (Å²) in [4.78, 5) is 2.58. The van der Waals surface area contributed by atoms with Crippen LogP contribution in [0.5, 0.6) is 0 Å². The fourth-order valence-electron chi connectivity index (χ4n) is 3.56. The van der Waals surface area contributed by atoms with E-state index in [4.69, 9.17) is 10.5 Å². The molecule has 0 amide bonds. The van der Waals surface area contributed by atoms with Crippen LogP contribution in [0.4, 0.5) is 0 Å². The van der Waals surface area contributed by atoms with Crippen molar-refractivity contribution in [2.75, 3.05) is 32.8 Å². The number of fused-ring (bicyclic) bond motifs is 1. The van der Waals surface area contributed by atoms with Crippen LogP contribution < -0.4 is 5.73 Å². The van der Waals surface area contributed by atoms with Gasteiger partial charge in [-0.15, -0.1) is 0 Å². The zero-order valence-electron chi connectivity index (χ0n) is 11.2. The Hall–Kier alpha value is -0.120. The van der Waals surface area contributed by atoms with Crippen molar-refractivity contribution >= 4 is 0 Å². The third kappa shape index (κ3) is 3.67. The molecule has 2 rings (SSSR count). The number of nitrogens with zero attached hydrogens (tertiary/aromatic N) is 1. The van der Waals surface area contributed by atoms with Gasteiger partial charge in [0.05, 0.1) is 6.10 Å². The Morgan fingerprint density at radius 3 is 2.71 bits per heavy atom. The topological polar surface area (TPSA) is 38.5 Å². The predicted molar refractivity (Wildman–Crippen MR) is 71.0 cm³/mol. The number of hydrogen-bond donors (Lipinski definition) is 1. The van der Waals surface area contributed by atoms with Gasteiger partial charge in [0.1, 0.15) is 0 Å². The molecule has 0 spiro atoms. The highest BCUT2D eigenvalue weighted by atomic mass is 16.5. The van der Waals surface area contributed by atoms with E-state index in [2.05, 4.69) is 11.8 Å². The molecule has 2 aliphatic rings. The number of hydrogen-bond acceptors (Lipinski definition) is 3. The molecule has 17 heavy (non-hydrogen) atoms. The summed E-state index contributed by atoms with van der Waals surface area (Å²) >= 11 is 0. The maximum atomic E-state index is 5.76. The SMILES string of the molecule is CCOC(CN)CN1CCC2CCCCC2C1. The zero-order valence-corrected chi connectivity index (χ0v) is 11.2. The van der Waals surface area contributed by atoms with Gasteiger partial charge in [-0.05, 0) is 38.1 Å². The lowest BCUT2D eigenvalue weighted by Gasteiger charge is -2.42. The molecule has 0 aromatic heterocycles. The molecule has 1 saturated carbocycles. The molecule has 0 aromatic carbocycles. The first kappa shape index (κ1) is 13.3. The largest absolute Gasteiger partial charge is 0.376 e. The highest BCUT2D eigenvalue weighted by Crippen LogP contribution is 2.35. The average molecular weight is 240 g/mol. The molecule has 2 fully saturated rings. The standard InChI is InChI=1S/C14H28N2O/c1-2-17-14(9-15)11-16-8-7-12-5-3-4-6-13(12)10-16/h12-14H,2-11,15H2,1H3. The Morgan fingerprint density at radius 1 is 1.24 bits per heavy atom. The quantitative estimate of drug-likeness (QED) is 0.797. The van der Waals surface area contributed by atoms with Gasteiger partial charge in [-0.2, -0.15) is 0 Å². The summed E-state index contributed by atoms with van der Waals surface area (Å²) in [5, 5.41) is 0. The van der Waals surface area contributed by atoms with Crippen LogP contribution in [-0.2, 0) is 4.74 Å². The molecule has 1 saturated heterocycles. The van der Waals surface area contributed by atoms with Crippen molar-refractivity contribution in [3.63, 3.8) is 0 Å². The molecule has 0 aromatic rings. The van der Waals surface area contributed by atoms with Crippen LogP contribution in [0, 0.1) is 11.8 Å². The summed E-state index contributed by atoms with van der Waals surface area (Å²) in [7, 11) is 0. The van der Waals surface area contributed by atoms with Gasteiger partial charge in [0, 0.05) is 26.2 Å². The maximum absolute atomic E-state index is 5.76. The molecule has 3 atom stereocenters. The van der Waals surface area contributed by atoms with E-state index < -0.39 is 0 Å². The summed E-state index contributed by atoms with van der Waals surface area (Å²) in [6.45, 7) is 7.06. The maximum Gasteiger partial charge on any atom is 0.0823 e. The number of rotatable bonds is 5. The molecular weight excluding hydrogens is 212 g/mol. The van der Waals surface area contributed by atoms with Crippen molar-refractivity contribution in [3.8, 4) is 0 Å². The zero-order chi connectivity index (χ0) is 12.1. The smallest absolute Gasteiger partial charge is 0.0823 e. The van der Waals surface area contributed by atoms with E-state index in [1.807, 2.05) is 0 Å². The van der Waals surface area contributed by atoms with Crippen molar-refractivity contribution in [2.24, 2.45) is 17.6 Å². The molecule has 3 unspecified atom stereocenters. The van der Waals surface area contributed by atoms with Crippen molar-refractivity contribution in [3.05, 3.63) is 0 Å². The molecule has 1 heterocycles. The summed E-state index contributed by atoms with van der Waals surface area (Å²) in [6, 6.07) is 0. The minimum atomic E-state index is 0.236. The van der Waals surface area contributed by atoms with E-state index in [0.29, 0.717) is 6.54 Å². The fraction of sp³-hybridized carbons (Fsp3) is 1.00. The second kappa shape index (κ2) is 6.72. The van der Waals surface area contributed by atoms with Crippen LogP contribution in [0.1, 0.15) is 39.0 Å². The molecule has 0 bridgehead atoms. The third-order valence-corrected chi connectivity index (χ3v) is 4.50. The first-order valence-electron chi connectivity index (χ1n) is 7.37. The molecular formula is C14H28N2O. The summed E-state index contributed by atoms with van der Waals surface area (Å²) in [5.74, 6) is 1.97. The van der Waals surface area contributed by atoms with E-state index >= 15 is 0 Å². The Bertz CT molecular complexity index is 220. The van der Waals surface area contributed by atoms with Crippen molar-refractivity contribution < 1.29 is 4.74 Å². The number of nitrogens with two attached hydrogens (primary N) is 1. The predicted octanol–water partition coefficient (Wildman–Crippen LogP) is 1.86. The Morgan fingerprint density at radius 2 is 2.00 bits per heavy atom. The summed E-state index contributed by atoms with van der Waals surface area (Å²) < 4.78 is 5.66. The van der Waals surface area contributed by atoms with Gasteiger partial charge in [0.25, 0.3) is 0 Å². The number of piperidine rings is 1. The summed E-state index contributed by atoms with van der Waals surface area (Å²) in [5.41, 5.74) is 5.76. The third-order valence-electron chi connectivity index (χ3n) is 4.50. The van der Waals surface area contributed by atoms with Gasteiger partial charge >= 0.3 is 0 Å². The number of ether oxygens (including phenoxy) is 1. The molecule has 0 radical (unpaired) electrons. The summed E-state index contributed by atoms with van der Waals surface area (Å²) in [6.07, 6.45) is 7.47. The highest BCUT2D eigenvalue weighted by molar-refractivity contribution is 4.84. The van der Waals surface area contributed by atoms with Crippen molar-refractivity contribution in [1.29, 1.82) is 0 Å². The lowest BCUT2D eigenvalue weighted by Crippen LogP contribution is -2.46. The van der Waals surface area contributed by atoms with Crippen LogP contribution in [0.15, 0.2) is 0 Å². The lowest BCUT2D eigenvalue weighted by molar-refractivity contribution is 0.0117. The second-order valence-electron chi connectivity index (χ2n) is 5.67. The van der Waals surface area contributed by atoms with Gasteiger partial charge < -0.3 is 15.4 Å². The Kier molecular flexibility index (Phi) is 5.26. The number of likely N-dealkylation sites (tertiary alicyclic amines) is 1. The molecule has 1 aliphatic heterocycles. The molecule has 1 aliphatic carbocycles. The molecule has 3 heteroatoms. The molecule has 100 valence electrons. The van der Waals surface area contributed by atoms with Gasteiger partial charge in [0.2, 0.25) is 0 Å². The lowest BCUT2D eigenvalue weighted by atomic mass is 9.75. The van der Waals surface area contributed by atoms with Crippen LogP contribution in [-0.4, -0.2) is 43.8 Å². The van der Waals surface area contributed by atoms with Crippen LogP contribution >= 0.6 is 0 Å². The minimum absolute atomic E-state index is 0.236. The van der Waals surface area contributed by atoms with E-state index in [-0.39, 0.29) is 6.10 Å². The van der Waals surface area contributed by atoms with Crippen molar-refractivity contribution in [1.82, 2.24) is 4.90 Å². The van der Waals surface area contributed by atoms with Crippen LogP contribution in [0.3, 0.4) is 0 Å². The first-order valence-corrected chi connectivity index (χ1v) is 7.37. The normalized spacial score (nSPS) is 32.1. The van der Waals surface area contributed by atoms with E-state index in [0.717, 1.165) is 25.0 Å². The first-order chi connectivity index (χ1) is 8.33. The Balaban J connectivity index is 1.78. The van der Waals surface area contributed by atoms with Gasteiger partial charge in [0.15, 0.2) is 0 Å². The molecule has 3 nitrogen and oxygen atoms in total. The second-order valence-corrected chi connectivity index (χ2v) is 5.67. The highest BCUT2D eigenvalue weighted by Gasteiger charge is 2.31. The molecule has 2 N–H and O–H groups in total. The van der Waals surface area contributed by atoms with E-state index in [9.17, 15) is 0 Å². The van der Waals surface area contributed by atoms with Gasteiger partial charge in [-0.3, -0.25) is 0 Å². The van der Waals surface area contributed by atoms with Crippen LogP contribution in [0.25, 0.3) is 0 Å². The van der Waals surface area contributed by atoms with E-state index in [1.54, 1.807) is 0 Å².